The normalized spacial score (nSPS) is 25.3. The molecule has 1 saturated heterocycles. The van der Waals surface area contributed by atoms with E-state index in [0.717, 1.165) is 38.2 Å². The number of hydrogen-bond donors (Lipinski definition) is 1. The lowest BCUT2D eigenvalue weighted by molar-refractivity contribution is 0.202. The molecule has 2 aromatic carbocycles. The molecular formula is C23H28FN3. The summed E-state index contributed by atoms with van der Waals surface area (Å²) in [6.07, 6.45) is 4.78. The van der Waals surface area contributed by atoms with Gasteiger partial charge in [0, 0.05) is 12.6 Å². The molecule has 0 aliphatic carbocycles. The third-order valence-electron chi connectivity index (χ3n) is 6.67. The summed E-state index contributed by atoms with van der Waals surface area (Å²) in [5.41, 5.74) is 4.88. The van der Waals surface area contributed by atoms with Crippen LogP contribution in [0.5, 0.6) is 0 Å². The zero-order valence-electron chi connectivity index (χ0n) is 16.0. The van der Waals surface area contributed by atoms with Crippen LogP contribution in [0.2, 0.25) is 0 Å². The van der Waals surface area contributed by atoms with Crippen molar-refractivity contribution in [2.45, 2.75) is 50.7 Å². The molecule has 1 unspecified atom stereocenters. The monoisotopic (exact) mass is 365 g/mol. The van der Waals surface area contributed by atoms with Crippen LogP contribution < -0.4 is 10.2 Å². The number of piperidine rings is 1. The van der Waals surface area contributed by atoms with E-state index in [1.165, 1.54) is 29.7 Å². The quantitative estimate of drug-likeness (QED) is 0.858. The summed E-state index contributed by atoms with van der Waals surface area (Å²) in [4.78, 5) is 5.09. The Hall–Kier alpha value is -2.07. The number of nitrogens with zero attached hydrogens (tertiary/aromatic N) is 2. The SMILES string of the molecule is C[C@H]1CCc2cc(F)cc3c2N1C(CN1CCC(c2ccccc2)CC1)N3. The number of anilines is 2. The van der Waals surface area contributed by atoms with E-state index in [2.05, 4.69) is 52.4 Å². The maximum Gasteiger partial charge on any atom is 0.125 e. The Morgan fingerprint density at radius 3 is 2.63 bits per heavy atom. The largest absolute Gasteiger partial charge is 0.362 e. The predicted molar refractivity (Wildman–Crippen MR) is 109 cm³/mol. The lowest BCUT2D eigenvalue weighted by Crippen LogP contribution is -2.51. The number of halogens is 1. The Kier molecular flexibility index (Phi) is 4.31. The van der Waals surface area contributed by atoms with Crippen LogP contribution >= 0.6 is 0 Å². The molecule has 0 bridgehead atoms. The first-order valence-electron chi connectivity index (χ1n) is 10.3. The topological polar surface area (TPSA) is 18.5 Å². The summed E-state index contributed by atoms with van der Waals surface area (Å²) in [6.45, 7) is 5.58. The number of likely N-dealkylation sites (tertiary alicyclic amines) is 1. The molecule has 3 aliphatic rings. The second-order valence-corrected chi connectivity index (χ2v) is 8.40. The van der Waals surface area contributed by atoms with E-state index < -0.39 is 0 Å². The summed E-state index contributed by atoms with van der Waals surface area (Å²) in [6, 6.07) is 14.8. The number of aryl methyl sites for hydroxylation is 1. The Morgan fingerprint density at radius 2 is 1.85 bits per heavy atom. The van der Waals surface area contributed by atoms with E-state index in [1.54, 1.807) is 12.1 Å². The van der Waals surface area contributed by atoms with Gasteiger partial charge in [-0.05, 0) is 74.9 Å². The molecule has 0 spiro atoms. The van der Waals surface area contributed by atoms with E-state index in [0.29, 0.717) is 12.0 Å². The standard InChI is InChI=1S/C23H28FN3/c1-16-7-8-19-13-20(24)14-21-23(19)27(16)22(25-21)15-26-11-9-18(10-12-26)17-5-3-2-4-6-17/h2-6,13-14,16,18,22,25H,7-12,15H2,1H3/t16-,22?/m0/s1. The van der Waals surface area contributed by atoms with Gasteiger partial charge in [0.25, 0.3) is 0 Å². The van der Waals surface area contributed by atoms with Crippen LogP contribution in [0.25, 0.3) is 0 Å². The average Bonchev–Trinajstić information content (AvgIpc) is 3.05. The molecule has 3 heterocycles. The Bertz CT molecular complexity index is 814. The minimum absolute atomic E-state index is 0.116. The van der Waals surface area contributed by atoms with Crippen LogP contribution in [0.4, 0.5) is 15.8 Å². The second-order valence-electron chi connectivity index (χ2n) is 8.40. The smallest absolute Gasteiger partial charge is 0.125 e. The lowest BCUT2D eigenvalue weighted by Gasteiger charge is -2.40. The lowest BCUT2D eigenvalue weighted by atomic mass is 9.89. The van der Waals surface area contributed by atoms with Gasteiger partial charge in [0.2, 0.25) is 0 Å². The van der Waals surface area contributed by atoms with Crippen LogP contribution in [0.15, 0.2) is 42.5 Å². The third-order valence-corrected chi connectivity index (χ3v) is 6.67. The first-order valence-corrected chi connectivity index (χ1v) is 10.3. The number of benzene rings is 2. The van der Waals surface area contributed by atoms with Gasteiger partial charge in [0.15, 0.2) is 0 Å². The average molecular weight is 365 g/mol. The van der Waals surface area contributed by atoms with Crippen molar-refractivity contribution in [2.75, 3.05) is 29.9 Å². The summed E-state index contributed by atoms with van der Waals surface area (Å²) >= 11 is 0. The van der Waals surface area contributed by atoms with Gasteiger partial charge in [-0.3, -0.25) is 4.90 Å². The van der Waals surface area contributed by atoms with Crippen LogP contribution in [0.3, 0.4) is 0 Å². The highest BCUT2D eigenvalue weighted by Crippen LogP contribution is 2.44. The molecule has 1 N–H and O–H groups in total. The molecule has 0 radical (unpaired) electrons. The van der Waals surface area contributed by atoms with Gasteiger partial charge in [-0.1, -0.05) is 30.3 Å². The molecule has 0 aromatic heterocycles. The Morgan fingerprint density at radius 1 is 1.07 bits per heavy atom. The fraction of sp³-hybridized carbons (Fsp3) is 0.478. The van der Waals surface area contributed by atoms with E-state index in [9.17, 15) is 4.39 Å². The molecule has 27 heavy (non-hydrogen) atoms. The first kappa shape index (κ1) is 17.1. The van der Waals surface area contributed by atoms with Crippen molar-refractivity contribution in [3.05, 3.63) is 59.4 Å². The van der Waals surface area contributed by atoms with Gasteiger partial charge in [-0.2, -0.15) is 0 Å². The van der Waals surface area contributed by atoms with Crippen molar-refractivity contribution < 1.29 is 4.39 Å². The second kappa shape index (κ2) is 6.83. The summed E-state index contributed by atoms with van der Waals surface area (Å²) in [5.74, 6) is 0.570. The number of rotatable bonds is 3. The minimum Gasteiger partial charge on any atom is -0.362 e. The molecular weight excluding hydrogens is 337 g/mol. The number of hydrogen-bond acceptors (Lipinski definition) is 3. The highest BCUT2D eigenvalue weighted by molar-refractivity contribution is 5.80. The fourth-order valence-corrected chi connectivity index (χ4v) is 5.25. The zero-order chi connectivity index (χ0) is 18.4. The van der Waals surface area contributed by atoms with Crippen molar-refractivity contribution in [3.63, 3.8) is 0 Å². The minimum atomic E-state index is -0.116. The van der Waals surface area contributed by atoms with Gasteiger partial charge in [0.05, 0.1) is 11.4 Å². The summed E-state index contributed by atoms with van der Waals surface area (Å²) in [5, 5.41) is 3.62. The van der Waals surface area contributed by atoms with Crippen molar-refractivity contribution >= 4 is 11.4 Å². The van der Waals surface area contributed by atoms with Crippen LogP contribution in [0.1, 0.15) is 43.2 Å². The molecule has 2 aromatic rings. The highest BCUT2D eigenvalue weighted by atomic mass is 19.1. The fourth-order valence-electron chi connectivity index (χ4n) is 5.25. The van der Waals surface area contributed by atoms with Gasteiger partial charge in [0.1, 0.15) is 12.0 Å². The first-order chi connectivity index (χ1) is 13.2. The van der Waals surface area contributed by atoms with Crippen LogP contribution in [-0.4, -0.2) is 36.7 Å². The molecule has 3 aliphatic heterocycles. The van der Waals surface area contributed by atoms with Gasteiger partial charge in [-0.25, -0.2) is 4.39 Å². The molecule has 3 nitrogen and oxygen atoms in total. The maximum absolute atomic E-state index is 14.0. The molecule has 142 valence electrons. The predicted octanol–water partition coefficient (Wildman–Crippen LogP) is 4.60. The van der Waals surface area contributed by atoms with Crippen molar-refractivity contribution in [3.8, 4) is 0 Å². The highest BCUT2D eigenvalue weighted by Gasteiger charge is 2.38. The van der Waals surface area contributed by atoms with Crippen molar-refractivity contribution in [2.24, 2.45) is 0 Å². The molecule has 0 saturated carbocycles. The van der Waals surface area contributed by atoms with Gasteiger partial charge < -0.3 is 10.2 Å². The Labute approximate surface area is 161 Å². The van der Waals surface area contributed by atoms with Crippen molar-refractivity contribution in [1.82, 2.24) is 4.90 Å². The van der Waals surface area contributed by atoms with E-state index in [4.69, 9.17) is 0 Å². The van der Waals surface area contributed by atoms with Crippen LogP contribution in [-0.2, 0) is 6.42 Å². The van der Waals surface area contributed by atoms with E-state index in [1.807, 2.05) is 0 Å². The Balaban J connectivity index is 1.28. The molecule has 0 amide bonds. The number of nitrogens with one attached hydrogen (secondary N) is 1. The van der Waals surface area contributed by atoms with Gasteiger partial charge >= 0.3 is 0 Å². The third kappa shape index (κ3) is 3.10. The van der Waals surface area contributed by atoms with E-state index in [-0.39, 0.29) is 12.0 Å². The van der Waals surface area contributed by atoms with E-state index >= 15 is 0 Å². The van der Waals surface area contributed by atoms with Gasteiger partial charge in [-0.15, -0.1) is 0 Å². The molecule has 4 heteroatoms. The summed E-state index contributed by atoms with van der Waals surface area (Å²) < 4.78 is 14.0. The zero-order valence-corrected chi connectivity index (χ0v) is 16.0. The molecule has 5 rings (SSSR count). The van der Waals surface area contributed by atoms with Crippen LogP contribution in [0, 0.1) is 5.82 Å². The molecule has 2 atom stereocenters. The van der Waals surface area contributed by atoms with Crippen molar-refractivity contribution in [1.29, 1.82) is 0 Å². The summed E-state index contributed by atoms with van der Waals surface area (Å²) in [7, 11) is 0. The molecule has 1 fully saturated rings. The maximum atomic E-state index is 14.0.